The molecule has 0 atom stereocenters. The number of hydrogen-bond acceptors (Lipinski definition) is 9. The van der Waals surface area contributed by atoms with Gasteiger partial charge in [-0.1, -0.05) is 13.3 Å². The van der Waals surface area contributed by atoms with Crippen molar-refractivity contribution in [2.75, 3.05) is 12.3 Å². The second-order valence-corrected chi connectivity index (χ2v) is 5.42. The Bertz CT molecular complexity index is 864. The van der Waals surface area contributed by atoms with Gasteiger partial charge in [-0.3, -0.25) is 14.5 Å². The largest absolute Gasteiger partial charge is 0.480 e. The number of hydrogen-bond donors (Lipinski definition) is 3. The molecule has 10 nitrogen and oxygen atoms in total. The third-order valence-electron chi connectivity index (χ3n) is 3.55. The van der Waals surface area contributed by atoms with Gasteiger partial charge in [0, 0.05) is 0 Å². The predicted molar refractivity (Wildman–Crippen MR) is 88.9 cm³/mol. The summed E-state index contributed by atoms with van der Waals surface area (Å²) in [4.78, 5) is 20.6. The number of aliphatic hydroxyl groups excluding tert-OH is 1. The van der Waals surface area contributed by atoms with Crippen LogP contribution < -0.4 is 10.5 Å². The maximum absolute atomic E-state index is 10.1. The first-order chi connectivity index (χ1) is 12.1. The molecule has 0 unspecified atom stereocenters. The van der Waals surface area contributed by atoms with E-state index < -0.39 is 0 Å². The highest BCUT2D eigenvalue weighted by molar-refractivity contribution is 5.83. The Balaban J connectivity index is 1.94. The molecule has 3 heterocycles. The lowest BCUT2D eigenvalue weighted by atomic mass is 10.4. The number of nitrogens with two attached hydrogens (primary N) is 1. The second-order valence-electron chi connectivity index (χ2n) is 5.42. The minimum absolute atomic E-state index is 0.132. The number of ether oxygens (including phenoxy) is 1. The molecule has 0 amide bonds. The Kier molecular flexibility index (Phi) is 4.89. The van der Waals surface area contributed by atoms with Crippen molar-refractivity contribution in [1.29, 1.82) is 0 Å². The van der Waals surface area contributed by atoms with Crippen LogP contribution in [0.15, 0.2) is 12.4 Å². The van der Waals surface area contributed by atoms with E-state index in [2.05, 4.69) is 31.8 Å². The molecule has 0 aliphatic rings. The predicted octanol–water partition coefficient (Wildman–Crippen LogP) is 0.624. The van der Waals surface area contributed by atoms with Crippen molar-refractivity contribution < 1.29 is 14.9 Å². The van der Waals surface area contributed by atoms with Crippen molar-refractivity contribution in [2.24, 2.45) is 0 Å². The first kappa shape index (κ1) is 16.8. The summed E-state index contributed by atoms with van der Waals surface area (Å²) in [5.41, 5.74) is 7.57. The van der Waals surface area contributed by atoms with Crippen LogP contribution in [0.1, 0.15) is 31.2 Å². The molecule has 0 saturated heterocycles. The number of imidazole rings is 1. The number of rotatable bonds is 7. The number of aliphatic hydroxyl groups is 1. The summed E-state index contributed by atoms with van der Waals surface area (Å²) >= 11 is 0. The van der Waals surface area contributed by atoms with Gasteiger partial charge < -0.3 is 20.7 Å². The van der Waals surface area contributed by atoms with E-state index in [1.807, 2.05) is 0 Å². The fourth-order valence-electron chi connectivity index (χ4n) is 2.21. The second kappa shape index (κ2) is 7.26. The van der Waals surface area contributed by atoms with E-state index in [0.29, 0.717) is 29.2 Å². The fourth-order valence-corrected chi connectivity index (χ4v) is 2.21. The maximum Gasteiger partial charge on any atom is 0.320 e. The molecule has 10 heteroatoms. The van der Waals surface area contributed by atoms with Gasteiger partial charge in [-0.15, -0.1) is 0 Å². The Labute approximate surface area is 143 Å². The lowest BCUT2D eigenvalue weighted by Gasteiger charge is -2.07. The zero-order chi connectivity index (χ0) is 17.8. The highest BCUT2D eigenvalue weighted by atomic mass is 16.5. The SMILES string of the molecule is CCCCOc1nc(N)c2nc(O)n(Cc3cnc(CO)cn3)c2n1. The Morgan fingerprint density at radius 3 is 2.60 bits per heavy atom. The van der Waals surface area contributed by atoms with Gasteiger partial charge in [0.25, 0.3) is 6.01 Å². The summed E-state index contributed by atoms with van der Waals surface area (Å²) in [6.45, 7) is 2.54. The van der Waals surface area contributed by atoms with Gasteiger partial charge in [0.1, 0.15) is 0 Å². The molecule has 132 valence electrons. The van der Waals surface area contributed by atoms with Crippen LogP contribution in [0.2, 0.25) is 0 Å². The topological polar surface area (TPSA) is 145 Å². The Hall–Kier alpha value is -3.01. The van der Waals surface area contributed by atoms with Gasteiger partial charge in [0.2, 0.25) is 0 Å². The smallest absolute Gasteiger partial charge is 0.320 e. The van der Waals surface area contributed by atoms with Gasteiger partial charge in [-0.05, 0) is 6.42 Å². The number of aromatic nitrogens is 6. The van der Waals surface area contributed by atoms with Crippen molar-refractivity contribution >= 4 is 17.0 Å². The van der Waals surface area contributed by atoms with Gasteiger partial charge in [-0.25, -0.2) is 0 Å². The molecule has 0 saturated carbocycles. The van der Waals surface area contributed by atoms with E-state index in [-0.39, 0.29) is 31.0 Å². The molecule has 3 rings (SSSR count). The van der Waals surface area contributed by atoms with Crippen LogP contribution in [0, 0.1) is 0 Å². The van der Waals surface area contributed by atoms with Crippen LogP contribution in [0.5, 0.6) is 12.0 Å². The van der Waals surface area contributed by atoms with Crippen LogP contribution in [0.25, 0.3) is 11.2 Å². The van der Waals surface area contributed by atoms with Crippen LogP contribution in [0.4, 0.5) is 5.82 Å². The van der Waals surface area contributed by atoms with Crippen molar-refractivity contribution in [3.05, 3.63) is 23.8 Å². The van der Waals surface area contributed by atoms with Crippen molar-refractivity contribution in [2.45, 2.75) is 32.9 Å². The number of unbranched alkanes of at least 4 members (excludes halogenated alkanes) is 1. The number of fused-ring (bicyclic) bond motifs is 1. The number of nitrogen functional groups attached to an aromatic ring is 1. The van der Waals surface area contributed by atoms with Gasteiger partial charge >= 0.3 is 6.01 Å². The first-order valence-corrected chi connectivity index (χ1v) is 7.88. The lowest BCUT2D eigenvalue weighted by Crippen LogP contribution is -2.07. The quantitative estimate of drug-likeness (QED) is 0.525. The first-order valence-electron chi connectivity index (χ1n) is 7.88. The molecule has 0 radical (unpaired) electrons. The molecule has 0 aliphatic carbocycles. The number of anilines is 1. The lowest BCUT2D eigenvalue weighted by molar-refractivity contribution is 0.276. The third kappa shape index (κ3) is 3.58. The maximum atomic E-state index is 10.1. The standard InChI is InChI=1S/C15H19N7O3/c1-2-3-4-25-14-20-12(16)11-13(21-14)22(15(24)19-11)7-9-5-18-10(8-23)6-17-9/h5-6,23H,2-4,7-8H2,1H3,(H,19,24)(H2,16,20,21). The molecule has 4 N–H and O–H groups in total. The van der Waals surface area contributed by atoms with E-state index in [1.165, 1.54) is 17.0 Å². The minimum Gasteiger partial charge on any atom is -0.480 e. The summed E-state index contributed by atoms with van der Waals surface area (Å²) in [5.74, 6) is 0.132. The molecule has 0 fully saturated rings. The Morgan fingerprint density at radius 1 is 1.16 bits per heavy atom. The van der Waals surface area contributed by atoms with Crippen LogP contribution >= 0.6 is 0 Å². The molecule has 0 spiro atoms. The van der Waals surface area contributed by atoms with E-state index >= 15 is 0 Å². The molecule has 0 bridgehead atoms. The fraction of sp³-hybridized carbons (Fsp3) is 0.400. The van der Waals surface area contributed by atoms with Gasteiger partial charge in [0.05, 0.1) is 43.5 Å². The summed E-state index contributed by atoms with van der Waals surface area (Å²) in [7, 11) is 0. The summed E-state index contributed by atoms with van der Waals surface area (Å²) in [5, 5.41) is 19.1. The molecular formula is C15H19N7O3. The average molecular weight is 345 g/mol. The Morgan fingerprint density at radius 2 is 1.92 bits per heavy atom. The third-order valence-corrected chi connectivity index (χ3v) is 3.55. The van der Waals surface area contributed by atoms with Crippen molar-refractivity contribution in [3.8, 4) is 12.0 Å². The molecule has 3 aromatic rings. The van der Waals surface area contributed by atoms with Gasteiger partial charge in [-0.2, -0.15) is 15.0 Å². The normalized spacial score (nSPS) is 11.1. The monoisotopic (exact) mass is 345 g/mol. The highest BCUT2D eigenvalue weighted by Gasteiger charge is 2.17. The molecule has 0 aliphatic heterocycles. The van der Waals surface area contributed by atoms with Crippen molar-refractivity contribution in [1.82, 2.24) is 29.5 Å². The number of aromatic hydroxyl groups is 1. The van der Waals surface area contributed by atoms with E-state index in [9.17, 15) is 5.11 Å². The minimum atomic E-state index is -0.255. The average Bonchev–Trinajstić information content (AvgIpc) is 2.93. The van der Waals surface area contributed by atoms with Crippen molar-refractivity contribution in [3.63, 3.8) is 0 Å². The molecule has 25 heavy (non-hydrogen) atoms. The molecule has 3 aromatic heterocycles. The summed E-state index contributed by atoms with van der Waals surface area (Å²) in [6, 6.07) is -0.115. The van der Waals surface area contributed by atoms with E-state index in [0.717, 1.165) is 12.8 Å². The number of nitrogens with zero attached hydrogens (tertiary/aromatic N) is 6. The van der Waals surface area contributed by atoms with Crippen LogP contribution in [-0.2, 0) is 13.2 Å². The zero-order valence-corrected chi connectivity index (χ0v) is 13.8. The zero-order valence-electron chi connectivity index (χ0n) is 13.8. The summed E-state index contributed by atoms with van der Waals surface area (Å²) < 4.78 is 6.95. The van der Waals surface area contributed by atoms with E-state index in [4.69, 9.17) is 15.6 Å². The van der Waals surface area contributed by atoms with Gasteiger partial charge in [0.15, 0.2) is 17.0 Å². The highest BCUT2D eigenvalue weighted by Crippen LogP contribution is 2.25. The summed E-state index contributed by atoms with van der Waals surface area (Å²) in [6.07, 6.45) is 4.84. The molecule has 0 aromatic carbocycles. The van der Waals surface area contributed by atoms with Crippen LogP contribution in [0.3, 0.4) is 0 Å². The van der Waals surface area contributed by atoms with E-state index in [1.54, 1.807) is 0 Å². The van der Waals surface area contributed by atoms with Crippen LogP contribution in [-0.4, -0.2) is 46.3 Å². The molecular weight excluding hydrogens is 326 g/mol.